The van der Waals surface area contributed by atoms with Crippen molar-refractivity contribution in [2.24, 2.45) is 5.73 Å². The van der Waals surface area contributed by atoms with Gasteiger partial charge in [-0.05, 0) is 37.5 Å². The van der Waals surface area contributed by atoms with Crippen LogP contribution in [-0.2, 0) is 6.42 Å². The number of hydrogen-bond donors (Lipinski definition) is 1. The van der Waals surface area contributed by atoms with E-state index in [4.69, 9.17) is 5.73 Å². The number of aryl methyl sites for hydroxylation is 1. The van der Waals surface area contributed by atoms with E-state index in [0.717, 1.165) is 18.4 Å². The van der Waals surface area contributed by atoms with E-state index in [1.54, 1.807) is 12.1 Å². The molecule has 1 atom stereocenters. The SMILES string of the molecule is CC(N)CCc1ccc(F)cc1. The van der Waals surface area contributed by atoms with Gasteiger partial charge in [0.15, 0.2) is 0 Å². The highest BCUT2D eigenvalue weighted by Crippen LogP contribution is 2.05. The Balaban J connectivity index is 2.48. The largest absolute Gasteiger partial charge is 0.328 e. The highest BCUT2D eigenvalue weighted by Gasteiger charge is 1.96. The number of rotatable bonds is 3. The van der Waals surface area contributed by atoms with E-state index in [1.165, 1.54) is 12.1 Å². The minimum absolute atomic E-state index is 0.181. The van der Waals surface area contributed by atoms with E-state index in [9.17, 15) is 4.39 Å². The molecule has 2 N–H and O–H groups in total. The van der Waals surface area contributed by atoms with Crippen LogP contribution in [0.5, 0.6) is 0 Å². The zero-order valence-electron chi connectivity index (χ0n) is 7.26. The molecule has 0 heterocycles. The van der Waals surface area contributed by atoms with Crippen LogP contribution >= 0.6 is 0 Å². The van der Waals surface area contributed by atoms with Crippen LogP contribution in [-0.4, -0.2) is 6.04 Å². The maximum absolute atomic E-state index is 12.5. The molecule has 0 aliphatic heterocycles. The number of nitrogens with two attached hydrogens (primary N) is 1. The van der Waals surface area contributed by atoms with E-state index < -0.39 is 0 Å². The molecule has 1 aromatic rings. The molecule has 1 unspecified atom stereocenters. The van der Waals surface area contributed by atoms with Gasteiger partial charge >= 0.3 is 0 Å². The van der Waals surface area contributed by atoms with Crippen molar-refractivity contribution in [3.63, 3.8) is 0 Å². The third kappa shape index (κ3) is 3.01. The zero-order chi connectivity index (χ0) is 8.97. The summed E-state index contributed by atoms with van der Waals surface area (Å²) >= 11 is 0. The smallest absolute Gasteiger partial charge is 0.123 e. The van der Waals surface area contributed by atoms with Crippen LogP contribution < -0.4 is 5.73 Å². The summed E-state index contributed by atoms with van der Waals surface area (Å²) in [5.74, 6) is -0.181. The molecule has 2 heteroatoms. The fourth-order valence-electron chi connectivity index (χ4n) is 1.05. The molecule has 0 saturated carbocycles. The van der Waals surface area contributed by atoms with Crippen molar-refractivity contribution in [1.82, 2.24) is 0 Å². The fraction of sp³-hybridized carbons (Fsp3) is 0.400. The molecule has 0 fully saturated rings. The summed E-state index contributed by atoms with van der Waals surface area (Å²) in [5, 5.41) is 0. The second kappa shape index (κ2) is 4.21. The van der Waals surface area contributed by atoms with E-state index in [1.807, 2.05) is 6.92 Å². The average molecular weight is 167 g/mol. The van der Waals surface area contributed by atoms with Crippen LogP contribution in [0.25, 0.3) is 0 Å². The molecule has 12 heavy (non-hydrogen) atoms. The van der Waals surface area contributed by atoms with Gasteiger partial charge in [-0.25, -0.2) is 4.39 Å². The standard InChI is InChI=1S/C10H14FN/c1-8(12)2-3-9-4-6-10(11)7-5-9/h4-8H,2-3,12H2,1H3. The lowest BCUT2D eigenvalue weighted by Crippen LogP contribution is -2.15. The first-order chi connectivity index (χ1) is 5.68. The summed E-state index contributed by atoms with van der Waals surface area (Å²) in [6.07, 6.45) is 1.88. The minimum atomic E-state index is -0.181. The predicted octanol–water partition coefficient (Wildman–Crippen LogP) is 2.11. The lowest BCUT2D eigenvalue weighted by molar-refractivity contribution is 0.625. The number of benzene rings is 1. The van der Waals surface area contributed by atoms with Gasteiger partial charge in [-0.2, -0.15) is 0 Å². The third-order valence-corrected chi connectivity index (χ3v) is 1.80. The van der Waals surface area contributed by atoms with Crippen LogP contribution in [0.4, 0.5) is 4.39 Å². The predicted molar refractivity (Wildman–Crippen MR) is 48.4 cm³/mol. The van der Waals surface area contributed by atoms with E-state index in [0.29, 0.717) is 0 Å². The molecule has 0 bridgehead atoms. The molecule has 0 aromatic heterocycles. The first kappa shape index (κ1) is 9.20. The summed E-state index contributed by atoms with van der Waals surface area (Å²) < 4.78 is 12.5. The Morgan fingerprint density at radius 3 is 2.42 bits per heavy atom. The van der Waals surface area contributed by atoms with Gasteiger partial charge in [0.05, 0.1) is 0 Å². The third-order valence-electron chi connectivity index (χ3n) is 1.80. The van der Waals surface area contributed by atoms with Crippen molar-refractivity contribution in [3.8, 4) is 0 Å². The van der Waals surface area contributed by atoms with Crippen LogP contribution in [0.2, 0.25) is 0 Å². The van der Waals surface area contributed by atoms with Crippen molar-refractivity contribution >= 4 is 0 Å². The van der Waals surface area contributed by atoms with Gasteiger partial charge in [0.25, 0.3) is 0 Å². The molecule has 66 valence electrons. The molecule has 1 nitrogen and oxygen atoms in total. The van der Waals surface area contributed by atoms with Crippen molar-refractivity contribution in [3.05, 3.63) is 35.6 Å². The Hall–Kier alpha value is -0.890. The van der Waals surface area contributed by atoms with Crippen LogP contribution in [0.1, 0.15) is 18.9 Å². The Morgan fingerprint density at radius 2 is 1.92 bits per heavy atom. The first-order valence-corrected chi connectivity index (χ1v) is 4.18. The van der Waals surface area contributed by atoms with Gasteiger partial charge in [-0.1, -0.05) is 12.1 Å². The van der Waals surface area contributed by atoms with Crippen molar-refractivity contribution in [2.45, 2.75) is 25.8 Å². The Morgan fingerprint density at radius 1 is 1.33 bits per heavy atom. The highest BCUT2D eigenvalue weighted by molar-refractivity contribution is 5.16. The van der Waals surface area contributed by atoms with Crippen LogP contribution in [0.15, 0.2) is 24.3 Å². The van der Waals surface area contributed by atoms with E-state index in [-0.39, 0.29) is 11.9 Å². The molecule has 0 amide bonds. The van der Waals surface area contributed by atoms with Gasteiger partial charge in [-0.3, -0.25) is 0 Å². The molecule has 1 aromatic carbocycles. The number of hydrogen-bond acceptors (Lipinski definition) is 1. The fourth-order valence-corrected chi connectivity index (χ4v) is 1.05. The lowest BCUT2D eigenvalue weighted by atomic mass is 10.1. The van der Waals surface area contributed by atoms with Crippen LogP contribution in [0.3, 0.4) is 0 Å². The summed E-state index contributed by atoms with van der Waals surface area (Å²) in [7, 11) is 0. The molecular formula is C10H14FN. The molecule has 0 radical (unpaired) electrons. The Kier molecular flexibility index (Phi) is 3.23. The van der Waals surface area contributed by atoms with Crippen molar-refractivity contribution in [1.29, 1.82) is 0 Å². The lowest BCUT2D eigenvalue weighted by Gasteiger charge is -2.04. The van der Waals surface area contributed by atoms with Gasteiger partial charge in [0.1, 0.15) is 5.82 Å². The second-order valence-corrected chi connectivity index (χ2v) is 3.14. The summed E-state index contributed by atoms with van der Waals surface area (Å²) in [6, 6.07) is 6.79. The van der Waals surface area contributed by atoms with Gasteiger partial charge in [0.2, 0.25) is 0 Å². The molecular weight excluding hydrogens is 153 g/mol. The Bertz CT molecular complexity index is 228. The van der Waals surface area contributed by atoms with E-state index >= 15 is 0 Å². The highest BCUT2D eigenvalue weighted by atomic mass is 19.1. The van der Waals surface area contributed by atoms with Crippen molar-refractivity contribution in [2.75, 3.05) is 0 Å². The van der Waals surface area contributed by atoms with Gasteiger partial charge < -0.3 is 5.73 Å². The Labute approximate surface area is 72.4 Å². The molecule has 0 saturated heterocycles. The van der Waals surface area contributed by atoms with Crippen molar-refractivity contribution < 1.29 is 4.39 Å². The second-order valence-electron chi connectivity index (χ2n) is 3.14. The van der Waals surface area contributed by atoms with Gasteiger partial charge in [-0.15, -0.1) is 0 Å². The topological polar surface area (TPSA) is 26.0 Å². The van der Waals surface area contributed by atoms with E-state index in [2.05, 4.69) is 0 Å². The zero-order valence-corrected chi connectivity index (χ0v) is 7.26. The minimum Gasteiger partial charge on any atom is -0.328 e. The van der Waals surface area contributed by atoms with Gasteiger partial charge in [0, 0.05) is 6.04 Å². The first-order valence-electron chi connectivity index (χ1n) is 4.18. The molecule has 0 aliphatic rings. The monoisotopic (exact) mass is 167 g/mol. The quantitative estimate of drug-likeness (QED) is 0.733. The average Bonchev–Trinajstić information content (AvgIpc) is 2.03. The maximum Gasteiger partial charge on any atom is 0.123 e. The molecule has 0 aliphatic carbocycles. The number of halogens is 1. The summed E-state index contributed by atoms with van der Waals surface area (Å²) in [5.41, 5.74) is 6.74. The van der Waals surface area contributed by atoms with Crippen LogP contribution in [0, 0.1) is 5.82 Å². The molecule has 1 rings (SSSR count). The molecule has 0 spiro atoms. The summed E-state index contributed by atoms with van der Waals surface area (Å²) in [4.78, 5) is 0. The maximum atomic E-state index is 12.5. The normalized spacial score (nSPS) is 12.9. The summed E-state index contributed by atoms with van der Waals surface area (Å²) in [6.45, 7) is 1.98.